The maximum atomic E-state index is 12.1. The van der Waals surface area contributed by atoms with Gasteiger partial charge in [-0.25, -0.2) is 8.42 Å². The third-order valence-corrected chi connectivity index (χ3v) is 5.92. The monoisotopic (exact) mass is 349 g/mol. The Morgan fingerprint density at radius 1 is 1.17 bits per heavy atom. The van der Waals surface area contributed by atoms with Crippen LogP contribution in [-0.4, -0.2) is 20.1 Å². The molecule has 1 amide bonds. The molecule has 120 valence electrons. The summed E-state index contributed by atoms with van der Waals surface area (Å²) in [6.07, 6.45) is 1.55. The van der Waals surface area contributed by atoms with Gasteiger partial charge in [0.25, 0.3) is 0 Å². The van der Waals surface area contributed by atoms with Crippen LogP contribution in [0.4, 0.5) is 5.69 Å². The van der Waals surface area contributed by atoms with Crippen LogP contribution in [0.15, 0.2) is 47.4 Å². The number of hydrogen-bond acceptors (Lipinski definition) is 3. The standard InChI is InChI=1S/C17H16ClNO3S/c18-14-5-1-3-12(9-14)10-17(20)19-15-6-7-16-13(11-15)4-2-8-23(16,21)22/h1,3,5-7,9,11H,2,4,8,10H2,(H,19,20). The third kappa shape index (κ3) is 3.74. The highest BCUT2D eigenvalue weighted by Crippen LogP contribution is 2.27. The second-order valence-electron chi connectivity index (χ2n) is 5.60. The van der Waals surface area contributed by atoms with Crippen molar-refractivity contribution in [3.63, 3.8) is 0 Å². The largest absolute Gasteiger partial charge is 0.326 e. The fourth-order valence-electron chi connectivity index (χ4n) is 2.76. The Morgan fingerprint density at radius 2 is 2.00 bits per heavy atom. The van der Waals surface area contributed by atoms with E-state index in [0.717, 1.165) is 11.1 Å². The van der Waals surface area contributed by atoms with E-state index in [0.29, 0.717) is 28.4 Å². The summed E-state index contributed by atoms with van der Waals surface area (Å²) < 4.78 is 24.0. The average Bonchev–Trinajstić information content (AvgIpc) is 2.46. The molecule has 0 aromatic heterocycles. The Labute approximate surface area is 140 Å². The minimum Gasteiger partial charge on any atom is -0.326 e. The van der Waals surface area contributed by atoms with E-state index in [2.05, 4.69) is 5.32 Å². The van der Waals surface area contributed by atoms with Gasteiger partial charge in [0, 0.05) is 10.7 Å². The lowest BCUT2D eigenvalue weighted by atomic mass is 10.1. The summed E-state index contributed by atoms with van der Waals surface area (Å²) in [6.45, 7) is 0. The van der Waals surface area contributed by atoms with Crippen molar-refractivity contribution in [1.29, 1.82) is 0 Å². The zero-order valence-corrected chi connectivity index (χ0v) is 14.0. The summed E-state index contributed by atoms with van der Waals surface area (Å²) in [5.74, 6) is 0.0337. The van der Waals surface area contributed by atoms with Crippen molar-refractivity contribution in [1.82, 2.24) is 0 Å². The van der Waals surface area contributed by atoms with Crippen molar-refractivity contribution >= 4 is 33.0 Å². The molecule has 3 rings (SSSR count). The number of nitrogens with one attached hydrogen (secondary N) is 1. The molecule has 1 N–H and O–H groups in total. The number of aryl methyl sites for hydroxylation is 1. The van der Waals surface area contributed by atoms with Crippen molar-refractivity contribution in [2.45, 2.75) is 24.2 Å². The predicted molar refractivity (Wildman–Crippen MR) is 90.6 cm³/mol. The minimum atomic E-state index is -3.17. The van der Waals surface area contributed by atoms with Crippen LogP contribution in [0.5, 0.6) is 0 Å². The molecule has 2 aromatic rings. The first-order valence-corrected chi connectivity index (χ1v) is 9.37. The van der Waals surface area contributed by atoms with Crippen LogP contribution >= 0.6 is 11.6 Å². The maximum Gasteiger partial charge on any atom is 0.228 e. The summed E-state index contributed by atoms with van der Waals surface area (Å²) in [6, 6.07) is 12.1. The van der Waals surface area contributed by atoms with E-state index in [1.807, 2.05) is 6.07 Å². The first-order chi connectivity index (χ1) is 10.9. The van der Waals surface area contributed by atoms with Crippen LogP contribution in [0.3, 0.4) is 0 Å². The zero-order chi connectivity index (χ0) is 16.4. The van der Waals surface area contributed by atoms with Gasteiger partial charge in [-0.05, 0) is 54.3 Å². The van der Waals surface area contributed by atoms with Crippen molar-refractivity contribution in [3.05, 3.63) is 58.6 Å². The third-order valence-electron chi connectivity index (χ3n) is 3.79. The van der Waals surface area contributed by atoms with Crippen molar-refractivity contribution in [2.75, 3.05) is 11.1 Å². The summed E-state index contributed by atoms with van der Waals surface area (Å²) in [5.41, 5.74) is 2.22. The molecule has 2 aromatic carbocycles. The van der Waals surface area contributed by atoms with E-state index >= 15 is 0 Å². The smallest absolute Gasteiger partial charge is 0.228 e. The molecule has 0 saturated carbocycles. The summed E-state index contributed by atoms with van der Waals surface area (Å²) in [5, 5.41) is 3.40. The highest BCUT2D eigenvalue weighted by Gasteiger charge is 2.23. The van der Waals surface area contributed by atoms with Crippen LogP contribution in [0, 0.1) is 0 Å². The van der Waals surface area contributed by atoms with Crippen LogP contribution < -0.4 is 5.32 Å². The van der Waals surface area contributed by atoms with Gasteiger partial charge < -0.3 is 5.32 Å². The number of amides is 1. The highest BCUT2D eigenvalue weighted by atomic mass is 35.5. The SMILES string of the molecule is O=C(Cc1cccc(Cl)c1)Nc1ccc2c(c1)CCCS2(=O)=O. The van der Waals surface area contributed by atoms with Gasteiger partial charge in [0.15, 0.2) is 9.84 Å². The number of rotatable bonds is 3. The fourth-order valence-corrected chi connectivity index (χ4v) is 4.55. The van der Waals surface area contributed by atoms with Gasteiger partial charge in [0.1, 0.15) is 0 Å². The molecule has 1 heterocycles. The second-order valence-corrected chi connectivity index (χ2v) is 8.11. The van der Waals surface area contributed by atoms with E-state index < -0.39 is 9.84 Å². The van der Waals surface area contributed by atoms with Crippen LogP contribution in [0.2, 0.25) is 5.02 Å². The Morgan fingerprint density at radius 3 is 2.78 bits per heavy atom. The number of sulfone groups is 1. The topological polar surface area (TPSA) is 63.2 Å². The summed E-state index contributed by atoms with van der Waals surface area (Å²) >= 11 is 5.91. The molecule has 0 aliphatic carbocycles. The molecule has 6 heteroatoms. The second kappa shape index (κ2) is 6.34. The maximum absolute atomic E-state index is 12.1. The van der Waals surface area contributed by atoms with E-state index in [1.165, 1.54) is 0 Å². The van der Waals surface area contributed by atoms with Crippen LogP contribution in [0.25, 0.3) is 0 Å². The van der Waals surface area contributed by atoms with E-state index in [9.17, 15) is 13.2 Å². The number of carbonyl (C=O) groups is 1. The lowest BCUT2D eigenvalue weighted by molar-refractivity contribution is -0.115. The van der Waals surface area contributed by atoms with Crippen molar-refractivity contribution in [3.8, 4) is 0 Å². The zero-order valence-electron chi connectivity index (χ0n) is 12.4. The molecule has 0 fully saturated rings. The Hall–Kier alpha value is -1.85. The number of hydrogen-bond donors (Lipinski definition) is 1. The van der Waals surface area contributed by atoms with Gasteiger partial charge in [-0.3, -0.25) is 4.79 Å². The predicted octanol–water partition coefficient (Wildman–Crippen LogP) is 3.24. The van der Waals surface area contributed by atoms with Crippen molar-refractivity contribution in [2.24, 2.45) is 0 Å². The van der Waals surface area contributed by atoms with Gasteiger partial charge >= 0.3 is 0 Å². The average molecular weight is 350 g/mol. The molecule has 4 nitrogen and oxygen atoms in total. The summed E-state index contributed by atoms with van der Waals surface area (Å²) in [4.78, 5) is 12.5. The van der Waals surface area contributed by atoms with E-state index in [-0.39, 0.29) is 18.1 Å². The Kier molecular flexibility index (Phi) is 4.41. The minimum absolute atomic E-state index is 0.161. The summed E-state index contributed by atoms with van der Waals surface area (Å²) in [7, 11) is -3.17. The number of anilines is 1. The molecular weight excluding hydrogens is 334 g/mol. The van der Waals surface area contributed by atoms with Crippen LogP contribution in [0.1, 0.15) is 17.5 Å². The number of halogens is 1. The lowest BCUT2D eigenvalue weighted by Gasteiger charge is -2.17. The molecule has 0 radical (unpaired) electrons. The van der Waals surface area contributed by atoms with Crippen LogP contribution in [-0.2, 0) is 27.5 Å². The number of carbonyl (C=O) groups excluding carboxylic acids is 1. The van der Waals surface area contributed by atoms with E-state index in [4.69, 9.17) is 11.6 Å². The normalized spacial score (nSPS) is 15.7. The number of benzene rings is 2. The first-order valence-electron chi connectivity index (χ1n) is 7.34. The first kappa shape index (κ1) is 16.0. The van der Waals surface area contributed by atoms with Gasteiger partial charge in [-0.1, -0.05) is 23.7 Å². The van der Waals surface area contributed by atoms with E-state index in [1.54, 1.807) is 36.4 Å². The van der Waals surface area contributed by atoms with Gasteiger partial charge in [0.05, 0.1) is 17.1 Å². The molecule has 0 saturated heterocycles. The molecule has 0 unspecified atom stereocenters. The van der Waals surface area contributed by atoms with Crippen molar-refractivity contribution < 1.29 is 13.2 Å². The van der Waals surface area contributed by atoms with Gasteiger partial charge in [0.2, 0.25) is 5.91 Å². The molecule has 1 aliphatic heterocycles. The Bertz CT molecular complexity index is 862. The molecule has 0 spiro atoms. The Balaban J connectivity index is 1.75. The fraction of sp³-hybridized carbons (Fsp3) is 0.235. The quantitative estimate of drug-likeness (QED) is 0.925. The molecular formula is C17H16ClNO3S. The highest BCUT2D eigenvalue weighted by molar-refractivity contribution is 7.91. The van der Waals surface area contributed by atoms with Gasteiger partial charge in [-0.15, -0.1) is 0 Å². The molecule has 0 bridgehead atoms. The molecule has 0 atom stereocenters. The number of fused-ring (bicyclic) bond motifs is 1. The molecule has 23 heavy (non-hydrogen) atoms. The van der Waals surface area contributed by atoms with Gasteiger partial charge in [-0.2, -0.15) is 0 Å². The molecule has 1 aliphatic rings. The lowest BCUT2D eigenvalue weighted by Crippen LogP contribution is -2.18.